The van der Waals surface area contributed by atoms with Crippen molar-refractivity contribution in [3.8, 4) is 11.5 Å². The molecule has 8 heteroatoms. The smallest absolute Gasteiger partial charge is 0.277 e. The third-order valence-corrected chi connectivity index (χ3v) is 5.56. The van der Waals surface area contributed by atoms with Crippen LogP contribution in [0, 0.1) is 19.8 Å². The maximum absolute atomic E-state index is 12.7. The highest BCUT2D eigenvalue weighted by Gasteiger charge is 2.30. The highest BCUT2D eigenvalue weighted by molar-refractivity contribution is 8.00. The number of aryl methyl sites for hydroxylation is 2. The molecule has 1 aliphatic rings. The molecule has 2 unspecified atom stereocenters. The van der Waals surface area contributed by atoms with Gasteiger partial charge in [-0.1, -0.05) is 29.0 Å². The van der Waals surface area contributed by atoms with Crippen LogP contribution in [-0.4, -0.2) is 45.3 Å². The SMILES string of the molecule is Cc1cc(C)cc(-c2nnc(SC(C)C(=O)N3CCCC(C(N)=O)C3)o2)c1. The summed E-state index contributed by atoms with van der Waals surface area (Å²) >= 11 is 1.23. The van der Waals surface area contributed by atoms with Crippen LogP contribution in [0.2, 0.25) is 0 Å². The van der Waals surface area contributed by atoms with Gasteiger partial charge in [0.2, 0.25) is 17.7 Å². The summed E-state index contributed by atoms with van der Waals surface area (Å²) in [6.45, 7) is 6.87. The Morgan fingerprint density at radius 2 is 1.96 bits per heavy atom. The summed E-state index contributed by atoms with van der Waals surface area (Å²) in [5.74, 6) is -0.213. The van der Waals surface area contributed by atoms with Crippen molar-refractivity contribution in [2.75, 3.05) is 13.1 Å². The highest BCUT2D eigenvalue weighted by Crippen LogP contribution is 2.29. The third kappa shape index (κ3) is 4.68. The first kappa shape index (κ1) is 19.4. The molecule has 3 rings (SSSR count). The molecule has 0 aliphatic carbocycles. The van der Waals surface area contributed by atoms with E-state index in [-0.39, 0.29) is 23.0 Å². The summed E-state index contributed by atoms with van der Waals surface area (Å²) in [6, 6.07) is 6.05. The van der Waals surface area contributed by atoms with Crippen molar-refractivity contribution < 1.29 is 14.0 Å². The minimum Gasteiger partial charge on any atom is -0.411 e. The number of benzene rings is 1. The molecule has 27 heavy (non-hydrogen) atoms. The summed E-state index contributed by atoms with van der Waals surface area (Å²) in [5.41, 5.74) is 8.50. The fraction of sp³-hybridized carbons (Fsp3) is 0.474. The van der Waals surface area contributed by atoms with E-state index in [0.29, 0.717) is 24.2 Å². The van der Waals surface area contributed by atoms with Crippen LogP contribution in [-0.2, 0) is 9.59 Å². The molecule has 2 amide bonds. The molecular formula is C19H24N4O3S. The van der Waals surface area contributed by atoms with Crippen LogP contribution in [0.1, 0.15) is 30.9 Å². The standard InChI is InChI=1S/C19H24N4O3S/c1-11-7-12(2)9-15(8-11)17-21-22-19(26-17)27-13(3)18(25)23-6-4-5-14(10-23)16(20)24/h7-9,13-14H,4-6,10H2,1-3H3,(H2,20,24). The third-order valence-electron chi connectivity index (χ3n) is 4.64. The maximum Gasteiger partial charge on any atom is 0.277 e. The zero-order chi connectivity index (χ0) is 19.6. The average Bonchev–Trinajstić information content (AvgIpc) is 3.09. The van der Waals surface area contributed by atoms with Gasteiger partial charge in [-0.05, 0) is 45.7 Å². The minimum atomic E-state index is -0.385. The summed E-state index contributed by atoms with van der Waals surface area (Å²) in [7, 11) is 0. The molecule has 2 atom stereocenters. The number of likely N-dealkylation sites (tertiary alicyclic amines) is 1. The number of primary amides is 1. The number of rotatable bonds is 5. The average molecular weight is 388 g/mol. The van der Waals surface area contributed by atoms with Crippen molar-refractivity contribution in [1.82, 2.24) is 15.1 Å². The van der Waals surface area contributed by atoms with Gasteiger partial charge in [0.05, 0.1) is 11.2 Å². The van der Waals surface area contributed by atoms with Gasteiger partial charge in [0.25, 0.3) is 5.22 Å². The van der Waals surface area contributed by atoms with E-state index in [0.717, 1.165) is 29.5 Å². The molecule has 1 aliphatic heterocycles. The van der Waals surface area contributed by atoms with Crippen LogP contribution in [0.5, 0.6) is 0 Å². The van der Waals surface area contributed by atoms with Gasteiger partial charge in [0, 0.05) is 18.7 Å². The molecule has 144 valence electrons. The molecule has 0 bridgehead atoms. The molecular weight excluding hydrogens is 364 g/mol. The van der Waals surface area contributed by atoms with Gasteiger partial charge < -0.3 is 15.1 Å². The number of nitrogens with two attached hydrogens (primary N) is 1. The number of piperidine rings is 1. The number of aromatic nitrogens is 2. The number of nitrogens with zero attached hydrogens (tertiary/aromatic N) is 3. The molecule has 2 aromatic rings. The Hall–Kier alpha value is -2.35. The van der Waals surface area contributed by atoms with Gasteiger partial charge in [-0.25, -0.2) is 0 Å². The van der Waals surface area contributed by atoms with Crippen LogP contribution in [0.4, 0.5) is 0 Å². The number of hydrogen-bond acceptors (Lipinski definition) is 6. The molecule has 0 spiro atoms. The van der Waals surface area contributed by atoms with Crippen molar-refractivity contribution in [3.05, 3.63) is 29.3 Å². The molecule has 1 fully saturated rings. The van der Waals surface area contributed by atoms with Crippen LogP contribution < -0.4 is 5.73 Å². The lowest BCUT2D eigenvalue weighted by Gasteiger charge is -2.32. The minimum absolute atomic E-state index is 0.0444. The van der Waals surface area contributed by atoms with Crippen molar-refractivity contribution >= 4 is 23.6 Å². The van der Waals surface area contributed by atoms with Crippen molar-refractivity contribution in [2.24, 2.45) is 11.7 Å². The summed E-state index contributed by atoms with van der Waals surface area (Å²) in [6.07, 6.45) is 1.53. The summed E-state index contributed by atoms with van der Waals surface area (Å²) in [5, 5.41) is 8.14. The van der Waals surface area contributed by atoms with Crippen LogP contribution in [0.15, 0.2) is 27.8 Å². The van der Waals surface area contributed by atoms with E-state index in [9.17, 15) is 9.59 Å². The Kier molecular flexibility index (Phi) is 5.84. The van der Waals surface area contributed by atoms with Gasteiger partial charge in [0.15, 0.2) is 0 Å². The number of thioether (sulfide) groups is 1. The normalized spacial score (nSPS) is 18.3. The van der Waals surface area contributed by atoms with Gasteiger partial charge in [0.1, 0.15) is 0 Å². The van der Waals surface area contributed by atoms with E-state index < -0.39 is 0 Å². The molecule has 2 N–H and O–H groups in total. The Bertz CT molecular complexity index is 831. The zero-order valence-corrected chi connectivity index (χ0v) is 16.6. The van der Waals surface area contributed by atoms with Gasteiger partial charge in [-0.3, -0.25) is 9.59 Å². The van der Waals surface area contributed by atoms with Crippen molar-refractivity contribution in [3.63, 3.8) is 0 Å². The molecule has 1 saturated heterocycles. The van der Waals surface area contributed by atoms with Gasteiger partial charge >= 0.3 is 0 Å². The second-order valence-corrected chi connectivity index (χ2v) is 8.33. The fourth-order valence-corrected chi connectivity index (χ4v) is 4.11. The Morgan fingerprint density at radius 1 is 1.26 bits per heavy atom. The summed E-state index contributed by atoms with van der Waals surface area (Å²) in [4.78, 5) is 25.8. The van der Waals surface area contributed by atoms with E-state index in [2.05, 4.69) is 16.3 Å². The largest absolute Gasteiger partial charge is 0.411 e. The lowest BCUT2D eigenvalue weighted by atomic mass is 9.97. The quantitative estimate of drug-likeness (QED) is 0.790. The van der Waals surface area contributed by atoms with E-state index in [1.165, 1.54) is 11.8 Å². The first-order valence-electron chi connectivity index (χ1n) is 9.00. The van der Waals surface area contributed by atoms with Crippen LogP contribution in [0.25, 0.3) is 11.5 Å². The lowest BCUT2D eigenvalue weighted by Crippen LogP contribution is -2.46. The molecule has 1 aromatic carbocycles. The monoisotopic (exact) mass is 388 g/mol. The maximum atomic E-state index is 12.7. The molecule has 0 saturated carbocycles. The Balaban J connectivity index is 1.66. The van der Waals surface area contributed by atoms with Crippen molar-refractivity contribution in [1.29, 1.82) is 0 Å². The number of carbonyl (C=O) groups is 2. The second kappa shape index (κ2) is 8.12. The topological polar surface area (TPSA) is 102 Å². The van der Waals surface area contributed by atoms with E-state index in [4.69, 9.17) is 10.2 Å². The molecule has 2 heterocycles. The Morgan fingerprint density at radius 3 is 2.63 bits per heavy atom. The molecule has 0 radical (unpaired) electrons. The van der Waals surface area contributed by atoms with E-state index in [1.54, 1.807) is 4.90 Å². The molecule has 1 aromatic heterocycles. The highest BCUT2D eigenvalue weighted by atomic mass is 32.2. The predicted octanol–water partition coefficient (Wildman–Crippen LogP) is 2.56. The predicted molar refractivity (Wildman–Crippen MR) is 103 cm³/mol. The fourth-order valence-electron chi connectivity index (χ4n) is 3.34. The number of carbonyl (C=O) groups excluding carboxylic acids is 2. The first-order chi connectivity index (χ1) is 12.8. The van der Waals surface area contributed by atoms with Gasteiger partial charge in [-0.2, -0.15) is 0 Å². The van der Waals surface area contributed by atoms with Crippen molar-refractivity contribution in [2.45, 2.75) is 44.1 Å². The van der Waals surface area contributed by atoms with Crippen LogP contribution >= 0.6 is 11.8 Å². The van der Waals surface area contributed by atoms with Crippen LogP contribution in [0.3, 0.4) is 0 Å². The summed E-state index contributed by atoms with van der Waals surface area (Å²) < 4.78 is 5.74. The first-order valence-corrected chi connectivity index (χ1v) is 9.88. The van der Waals surface area contributed by atoms with E-state index >= 15 is 0 Å². The number of hydrogen-bond donors (Lipinski definition) is 1. The second-order valence-electron chi connectivity index (χ2n) is 7.04. The Labute approximate surface area is 162 Å². The zero-order valence-electron chi connectivity index (χ0n) is 15.8. The lowest BCUT2D eigenvalue weighted by molar-refractivity contribution is -0.134. The van der Waals surface area contributed by atoms with Gasteiger partial charge in [-0.15, -0.1) is 10.2 Å². The van der Waals surface area contributed by atoms with E-state index in [1.807, 2.05) is 32.9 Å². The molecule has 7 nitrogen and oxygen atoms in total. The number of amides is 2.